The molecule has 0 atom stereocenters. The smallest absolute Gasteiger partial charge is 0.319 e. The molecule has 3 N–H and O–H groups in total. The number of halogens is 2. The number of urea groups is 1. The van der Waals surface area contributed by atoms with Crippen LogP contribution < -0.4 is 20.7 Å². The number of benzene rings is 2. The SMILES string of the molecule is CC(=O)Nc1cccc(OCCNC(=O)Nc2ccc(F)c(F)c2)c1. The van der Waals surface area contributed by atoms with Crippen LogP contribution in [0.4, 0.5) is 25.0 Å². The molecule has 8 heteroatoms. The Balaban J connectivity index is 1.74. The predicted molar refractivity (Wildman–Crippen MR) is 89.6 cm³/mol. The van der Waals surface area contributed by atoms with Gasteiger partial charge in [-0.3, -0.25) is 4.79 Å². The first-order chi connectivity index (χ1) is 11.9. The molecule has 2 rings (SSSR count). The third-order valence-corrected chi connectivity index (χ3v) is 2.99. The molecule has 0 unspecified atom stereocenters. The summed E-state index contributed by atoms with van der Waals surface area (Å²) in [7, 11) is 0. The van der Waals surface area contributed by atoms with Crippen LogP contribution in [0.25, 0.3) is 0 Å². The van der Waals surface area contributed by atoms with E-state index in [1.807, 2.05) is 0 Å². The molecule has 2 aromatic carbocycles. The summed E-state index contributed by atoms with van der Waals surface area (Å²) in [4.78, 5) is 22.7. The number of hydrogen-bond acceptors (Lipinski definition) is 3. The van der Waals surface area contributed by atoms with Crippen molar-refractivity contribution in [3.8, 4) is 5.75 Å². The number of rotatable bonds is 6. The fourth-order valence-electron chi connectivity index (χ4n) is 1.95. The van der Waals surface area contributed by atoms with E-state index in [4.69, 9.17) is 4.74 Å². The van der Waals surface area contributed by atoms with Gasteiger partial charge in [0.2, 0.25) is 5.91 Å². The van der Waals surface area contributed by atoms with E-state index in [-0.39, 0.29) is 24.7 Å². The van der Waals surface area contributed by atoms with Gasteiger partial charge in [0.25, 0.3) is 0 Å². The Labute approximate surface area is 143 Å². The zero-order valence-corrected chi connectivity index (χ0v) is 13.4. The number of ether oxygens (including phenoxy) is 1. The Hall–Kier alpha value is -3.16. The molecule has 0 aromatic heterocycles. The van der Waals surface area contributed by atoms with Crippen LogP contribution in [0.15, 0.2) is 42.5 Å². The Bertz CT molecular complexity index is 769. The molecule has 0 aliphatic carbocycles. The van der Waals surface area contributed by atoms with Gasteiger partial charge in [0.05, 0.1) is 6.54 Å². The van der Waals surface area contributed by atoms with Crippen molar-refractivity contribution in [3.05, 3.63) is 54.1 Å². The van der Waals surface area contributed by atoms with Crippen molar-refractivity contribution in [1.82, 2.24) is 5.32 Å². The van der Waals surface area contributed by atoms with Crippen molar-refractivity contribution in [2.45, 2.75) is 6.92 Å². The van der Waals surface area contributed by atoms with Crippen LogP contribution in [0, 0.1) is 11.6 Å². The minimum Gasteiger partial charge on any atom is -0.492 e. The lowest BCUT2D eigenvalue weighted by atomic mass is 10.3. The van der Waals surface area contributed by atoms with E-state index in [9.17, 15) is 18.4 Å². The monoisotopic (exact) mass is 349 g/mol. The highest BCUT2D eigenvalue weighted by atomic mass is 19.2. The largest absolute Gasteiger partial charge is 0.492 e. The van der Waals surface area contributed by atoms with Crippen molar-refractivity contribution in [2.75, 3.05) is 23.8 Å². The number of amides is 3. The van der Waals surface area contributed by atoms with E-state index in [0.717, 1.165) is 12.1 Å². The second-order valence-electron chi connectivity index (χ2n) is 5.07. The van der Waals surface area contributed by atoms with E-state index in [1.54, 1.807) is 24.3 Å². The van der Waals surface area contributed by atoms with Gasteiger partial charge in [0.15, 0.2) is 11.6 Å². The lowest BCUT2D eigenvalue weighted by Crippen LogP contribution is -2.32. The molecule has 0 saturated carbocycles. The van der Waals surface area contributed by atoms with Gasteiger partial charge in [-0.05, 0) is 24.3 Å². The Kier molecular flexibility index (Phi) is 6.27. The molecule has 2 aromatic rings. The maximum absolute atomic E-state index is 13.0. The van der Waals surface area contributed by atoms with E-state index in [0.29, 0.717) is 11.4 Å². The molecule has 0 fully saturated rings. The summed E-state index contributed by atoms with van der Waals surface area (Å²) in [6.45, 7) is 1.79. The molecular formula is C17H17F2N3O3. The minimum atomic E-state index is -1.04. The normalized spacial score (nSPS) is 10.0. The Morgan fingerprint density at radius 2 is 1.76 bits per heavy atom. The minimum absolute atomic E-state index is 0.139. The van der Waals surface area contributed by atoms with Gasteiger partial charge in [0, 0.05) is 30.4 Å². The van der Waals surface area contributed by atoms with Crippen molar-refractivity contribution in [1.29, 1.82) is 0 Å². The summed E-state index contributed by atoms with van der Waals surface area (Å²) in [6.07, 6.45) is 0. The van der Waals surface area contributed by atoms with E-state index in [2.05, 4.69) is 16.0 Å². The number of anilines is 2. The molecule has 0 bridgehead atoms. The Morgan fingerprint density at radius 3 is 2.48 bits per heavy atom. The molecule has 3 amide bonds. The summed E-state index contributed by atoms with van der Waals surface area (Å²) in [5.41, 5.74) is 0.745. The zero-order chi connectivity index (χ0) is 18.2. The molecule has 0 aliphatic rings. The summed E-state index contributed by atoms with van der Waals surface area (Å²) < 4.78 is 31.3. The van der Waals surface area contributed by atoms with Crippen molar-refractivity contribution in [2.24, 2.45) is 0 Å². The first-order valence-electron chi connectivity index (χ1n) is 7.44. The van der Waals surface area contributed by atoms with E-state index in [1.165, 1.54) is 13.0 Å². The fourth-order valence-corrected chi connectivity index (χ4v) is 1.95. The fraction of sp³-hybridized carbons (Fsp3) is 0.176. The molecule has 132 valence electrons. The molecule has 0 spiro atoms. The Morgan fingerprint density at radius 1 is 1.00 bits per heavy atom. The number of hydrogen-bond donors (Lipinski definition) is 3. The van der Waals surface area contributed by atoms with Crippen LogP contribution in [0.2, 0.25) is 0 Å². The molecular weight excluding hydrogens is 332 g/mol. The standard InChI is InChI=1S/C17H17F2N3O3/c1-11(23)21-12-3-2-4-14(9-12)25-8-7-20-17(24)22-13-5-6-15(18)16(19)10-13/h2-6,9-10H,7-8H2,1H3,(H,21,23)(H2,20,22,24). The summed E-state index contributed by atoms with van der Waals surface area (Å²) >= 11 is 0. The van der Waals surface area contributed by atoms with Gasteiger partial charge >= 0.3 is 6.03 Å². The molecule has 6 nitrogen and oxygen atoms in total. The van der Waals surface area contributed by atoms with Crippen LogP contribution in [0.3, 0.4) is 0 Å². The van der Waals surface area contributed by atoms with E-state index >= 15 is 0 Å². The second kappa shape index (κ2) is 8.62. The van der Waals surface area contributed by atoms with Crippen molar-refractivity contribution < 1.29 is 23.1 Å². The van der Waals surface area contributed by atoms with Crippen LogP contribution >= 0.6 is 0 Å². The average Bonchev–Trinajstić information content (AvgIpc) is 2.55. The number of nitrogens with one attached hydrogen (secondary N) is 3. The van der Waals surface area contributed by atoms with Crippen LogP contribution in [0.1, 0.15) is 6.92 Å². The predicted octanol–water partition coefficient (Wildman–Crippen LogP) is 3.12. The summed E-state index contributed by atoms with van der Waals surface area (Å²) in [6, 6.07) is 9.32. The third-order valence-electron chi connectivity index (χ3n) is 2.99. The van der Waals surface area contributed by atoms with Gasteiger partial charge in [-0.15, -0.1) is 0 Å². The van der Waals surface area contributed by atoms with E-state index < -0.39 is 17.7 Å². The van der Waals surface area contributed by atoms with Crippen LogP contribution in [-0.4, -0.2) is 25.1 Å². The van der Waals surface area contributed by atoms with Gasteiger partial charge in [-0.1, -0.05) is 6.07 Å². The highest BCUT2D eigenvalue weighted by Crippen LogP contribution is 2.17. The third kappa shape index (κ3) is 6.09. The molecule has 0 heterocycles. The molecule has 25 heavy (non-hydrogen) atoms. The zero-order valence-electron chi connectivity index (χ0n) is 13.4. The maximum Gasteiger partial charge on any atom is 0.319 e. The number of carbonyl (C=O) groups is 2. The van der Waals surface area contributed by atoms with Crippen LogP contribution in [-0.2, 0) is 4.79 Å². The van der Waals surface area contributed by atoms with Gasteiger partial charge in [0.1, 0.15) is 12.4 Å². The van der Waals surface area contributed by atoms with Gasteiger partial charge in [-0.25, -0.2) is 13.6 Å². The van der Waals surface area contributed by atoms with Crippen molar-refractivity contribution in [3.63, 3.8) is 0 Å². The van der Waals surface area contributed by atoms with Gasteiger partial charge < -0.3 is 20.7 Å². The topological polar surface area (TPSA) is 79.5 Å². The summed E-state index contributed by atoms with van der Waals surface area (Å²) in [5.74, 6) is -1.68. The highest BCUT2D eigenvalue weighted by molar-refractivity contribution is 5.89. The maximum atomic E-state index is 13.0. The second-order valence-corrected chi connectivity index (χ2v) is 5.07. The summed E-state index contributed by atoms with van der Waals surface area (Å²) in [5, 5.41) is 7.53. The first kappa shape index (κ1) is 18.2. The number of carbonyl (C=O) groups excluding carboxylic acids is 2. The first-order valence-corrected chi connectivity index (χ1v) is 7.44. The average molecular weight is 349 g/mol. The molecule has 0 radical (unpaired) electrons. The van der Waals surface area contributed by atoms with Gasteiger partial charge in [-0.2, -0.15) is 0 Å². The highest BCUT2D eigenvalue weighted by Gasteiger charge is 2.06. The quantitative estimate of drug-likeness (QED) is 0.701. The van der Waals surface area contributed by atoms with Crippen LogP contribution in [0.5, 0.6) is 5.75 Å². The van der Waals surface area contributed by atoms with Crippen molar-refractivity contribution >= 4 is 23.3 Å². The molecule has 0 aliphatic heterocycles. The molecule has 0 saturated heterocycles. The lowest BCUT2D eigenvalue weighted by Gasteiger charge is -2.10. The lowest BCUT2D eigenvalue weighted by molar-refractivity contribution is -0.114.